The van der Waals surface area contributed by atoms with Gasteiger partial charge in [0.2, 0.25) is 0 Å². The predicted molar refractivity (Wildman–Crippen MR) is 108 cm³/mol. The molecule has 1 aliphatic heterocycles. The average molecular weight is 372 g/mol. The minimum atomic E-state index is 0.772. The van der Waals surface area contributed by atoms with Crippen LogP contribution in [0.25, 0.3) is 0 Å². The first-order valence-corrected chi connectivity index (χ1v) is 8.97. The van der Waals surface area contributed by atoms with Gasteiger partial charge >= 0.3 is 0 Å². The summed E-state index contributed by atoms with van der Waals surface area (Å²) in [6, 6.07) is 13.9. The molecule has 0 saturated carbocycles. The fourth-order valence-corrected chi connectivity index (χ4v) is 3.45. The van der Waals surface area contributed by atoms with Crippen LogP contribution in [0, 0.1) is 0 Å². The summed E-state index contributed by atoms with van der Waals surface area (Å²) in [5.74, 6) is 2.42. The molecular formula is C20H24N2O3S. The Morgan fingerprint density at radius 2 is 1.42 bits per heavy atom. The van der Waals surface area contributed by atoms with Crippen molar-refractivity contribution in [3.63, 3.8) is 0 Å². The molecule has 1 fully saturated rings. The molecule has 0 radical (unpaired) electrons. The first-order valence-electron chi connectivity index (χ1n) is 8.56. The van der Waals surface area contributed by atoms with Crippen molar-refractivity contribution in [2.24, 2.45) is 0 Å². The molecule has 1 heterocycles. The van der Waals surface area contributed by atoms with Gasteiger partial charge in [-0.25, -0.2) is 0 Å². The summed E-state index contributed by atoms with van der Waals surface area (Å²) in [6.45, 7) is 3.56. The summed E-state index contributed by atoms with van der Waals surface area (Å²) in [5.41, 5.74) is 2.11. The maximum Gasteiger partial charge on any atom is 0.129 e. The van der Waals surface area contributed by atoms with Gasteiger partial charge in [-0.2, -0.15) is 0 Å². The molecule has 0 atom stereocenters. The van der Waals surface area contributed by atoms with E-state index < -0.39 is 0 Å². The van der Waals surface area contributed by atoms with Crippen LogP contribution in [0.15, 0.2) is 42.5 Å². The molecule has 2 aromatic carbocycles. The van der Waals surface area contributed by atoms with Crippen LogP contribution in [0.2, 0.25) is 0 Å². The summed E-state index contributed by atoms with van der Waals surface area (Å²) in [5, 5.41) is 0. The number of thiocarbonyl (C=S) groups is 1. The van der Waals surface area contributed by atoms with Gasteiger partial charge in [0, 0.05) is 31.9 Å². The Kier molecular flexibility index (Phi) is 5.83. The standard InChI is InChI=1S/C20H24N2O3S/c1-23-16-6-4-15(5-7-16)21-10-12-22(13-11-21)20(26)18-14-17(24-2)8-9-19(18)25-3/h4-9,14H,10-13H2,1-3H3. The molecule has 1 aliphatic rings. The number of nitrogens with zero attached hydrogens (tertiary/aromatic N) is 2. The number of methoxy groups -OCH3 is 3. The first-order chi connectivity index (χ1) is 12.7. The van der Waals surface area contributed by atoms with Gasteiger partial charge < -0.3 is 24.0 Å². The van der Waals surface area contributed by atoms with E-state index in [1.807, 2.05) is 30.3 Å². The molecule has 2 aromatic rings. The quantitative estimate of drug-likeness (QED) is 0.750. The van der Waals surface area contributed by atoms with E-state index >= 15 is 0 Å². The normalized spacial score (nSPS) is 14.1. The number of anilines is 1. The molecule has 0 bridgehead atoms. The summed E-state index contributed by atoms with van der Waals surface area (Å²) >= 11 is 5.75. The number of rotatable bonds is 5. The van der Waals surface area contributed by atoms with Gasteiger partial charge in [-0.3, -0.25) is 0 Å². The number of ether oxygens (including phenoxy) is 3. The zero-order valence-electron chi connectivity index (χ0n) is 15.4. The third-order valence-electron chi connectivity index (χ3n) is 4.64. The Labute approximate surface area is 160 Å². The Morgan fingerprint density at radius 3 is 2.00 bits per heavy atom. The topological polar surface area (TPSA) is 34.2 Å². The molecule has 0 aromatic heterocycles. The molecular weight excluding hydrogens is 348 g/mol. The Morgan fingerprint density at radius 1 is 0.808 bits per heavy atom. The van der Waals surface area contributed by atoms with E-state index in [0.717, 1.165) is 54.0 Å². The van der Waals surface area contributed by atoms with Crippen LogP contribution >= 0.6 is 12.2 Å². The van der Waals surface area contributed by atoms with E-state index in [4.69, 9.17) is 26.4 Å². The van der Waals surface area contributed by atoms with Crippen LogP contribution < -0.4 is 19.1 Å². The number of hydrogen-bond donors (Lipinski definition) is 0. The van der Waals surface area contributed by atoms with E-state index in [9.17, 15) is 0 Å². The van der Waals surface area contributed by atoms with E-state index in [-0.39, 0.29) is 0 Å². The second-order valence-corrected chi connectivity index (χ2v) is 6.43. The Balaban J connectivity index is 1.68. The van der Waals surface area contributed by atoms with Crippen molar-refractivity contribution < 1.29 is 14.2 Å². The van der Waals surface area contributed by atoms with E-state index in [1.54, 1.807) is 21.3 Å². The SMILES string of the molecule is COc1ccc(N2CCN(C(=S)c3cc(OC)ccc3OC)CC2)cc1. The zero-order chi connectivity index (χ0) is 18.5. The van der Waals surface area contributed by atoms with Gasteiger partial charge in [0.1, 0.15) is 22.2 Å². The largest absolute Gasteiger partial charge is 0.497 e. The lowest BCUT2D eigenvalue weighted by molar-refractivity contribution is 0.383. The van der Waals surface area contributed by atoms with Crippen LogP contribution in [-0.2, 0) is 0 Å². The highest BCUT2D eigenvalue weighted by Crippen LogP contribution is 2.27. The molecule has 6 heteroatoms. The van der Waals surface area contributed by atoms with Crippen molar-refractivity contribution in [1.29, 1.82) is 0 Å². The third kappa shape index (κ3) is 3.85. The predicted octanol–water partition coefficient (Wildman–Crippen LogP) is 3.21. The molecule has 3 rings (SSSR count). The van der Waals surface area contributed by atoms with Gasteiger partial charge in [-0.15, -0.1) is 0 Å². The van der Waals surface area contributed by atoms with Crippen LogP contribution in [0.4, 0.5) is 5.69 Å². The second-order valence-electron chi connectivity index (χ2n) is 6.04. The number of hydrogen-bond acceptors (Lipinski definition) is 5. The molecule has 26 heavy (non-hydrogen) atoms. The van der Waals surface area contributed by atoms with Crippen molar-refractivity contribution in [3.05, 3.63) is 48.0 Å². The van der Waals surface area contributed by atoms with Crippen molar-refractivity contribution in [2.75, 3.05) is 52.4 Å². The summed E-state index contributed by atoms with van der Waals surface area (Å²) in [4.78, 5) is 5.39. The zero-order valence-corrected chi connectivity index (χ0v) is 16.2. The fraction of sp³-hybridized carbons (Fsp3) is 0.350. The highest BCUT2D eigenvalue weighted by Gasteiger charge is 2.22. The van der Waals surface area contributed by atoms with Crippen LogP contribution in [0.3, 0.4) is 0 Å². The maximum absolute atomic E-state index is 5.75. The number of benzene rings is 2. The average Bonchev–Trinajstić information content (AvgIpc) is 2.73. The minimum absolute atomic E-state index is 0.772. The highest BCUT2D eigenvalue weighted by molar-refractivity contribution is 7.80. The van der Waals surface area contributed by atoms with Crippen molar-refractivity contribution in [1.82, 2.24) is 4.90 Å². The highest BCUT2D eigenvalue weighted by atomic mass is 32.1. The molecule has 0 amide bonds. The van der Waals surface area contributed by atoms with Crippen LogP contribution in [-0.4, -0.2) is 57.4 Å². The lowest BCUT2D eigenvalue weighted by Gasteiger charge is -2.37. The van der Waals surface area contributed by atoms with Gasteiger partial charge in [0.05, 0.1) is 26.9 Å². The Hall–Kier alpha value is -2.47. The van der Waals surface area contributed by atoms with Gasteiger partial charge in [-0.05, 0) is 42.5 Å². The molecule has 0 spiro atoms. The van der Waals surface area contributed by atoms with Gasteiger partial charge in [0.25, 0.3) is 0 Å². The molecule has 0 aliphatic carbocycles. The molecule has 5 nitrogen and oxygen atoms in total. The Bertz CT molecular complexity index is 756. The van der Waals surface area contributed by atoms with Crippen LogP contribution in [0.5, 0.6) is 17.2 Å². The molecule has 0 unspecified atom stereocenters. The summed E-state index contributed by atoms with van der Waals surface area (Å²) in [6.07, 6.45) is 0. The van der Waals surface area contributed by atoms with Crippen molar-refractivity contribution >= 4 is 22.9 Å². The third-order valence-corrected chi connectivity index (χ3v) is 5.12. The first kappa shape index (κ1) is 18.3. The fourth-order valence-electron chi connectivity index (χ4n) is 3.11. The monoisotopic (exact) mass is 372 g/mol. The van der Waals surface area contributed by atoms with Gasteiger partial charge in [-0.1, -0.05) is 12.2 Å². The van der Waals surface area contributed by atoms with E-state index in [1.165, 1.54) is 5.69 Å². The maximum atomic E-state index is 5.75. The lowest BCUT2D eigenvalue weighted by Crippen LogP contribution is -2.48. The molecule has 0 N–H and O–H groups in total. The molecule has 138 valence electrons. The van der Waals surface area contributed by atoms with Crippen molar-refractivity contribution in [3.8, 4) is 17.2 Å². The minimum Gasteiger partial charge on any atom is -0.497 e. The second kappa shape index (κ2) is 8.27. The van der Waals surface area contributed by atoms with E-state index in [2.05, 4.69) is 21.9 Å². The number of piperazine rings is 1. The summed E-state index contributed by atoms with van der Waals surface area (Å²) in [7, 11) is 5.00. The van der Waals surface area contributed by atoms with E-state index in [0.29, 0.717) is 0 Å². The van der Waals surface area contributed by atoms with Crippen LogP contribution in [0.1, 0.15) is 5.56 Å². The molecule has 1 saturated heterocycles. The lowest BCUT2D eigenvalue weighted by atomic mass is 10.1. The van der Waals surface area contributed by atoms with Crippen molar-refractivity contribution in [2.45, 2.75) is 0 Å². The van der Waals surface area contributed by atoms with Gasteiger partial charge in [0.15, 0.2) is 0 Å². The smallest absolute Gasteiger partial charge is 0.129 e. The summed E-state index contributed by atoms with van der Waals surface area (Å²) < 4.78 is 16.0.